The Kier molecular flexibility index (Phi) is 5.13. The van der Waals surface area contributed by atoms with Gasteiger partial charge in [-0.25, -0.2) is 13.6 Å². The zero-order valence-corrected chi connectivity index (χ0v) is 17.9. The number of anilines is 1. The maximum absolute atomic E-state index is 15.6. The summed E-state index contributed by atoms with van der Waals surface area (Å²) >= 11 is 0. The molecule has 1 aliphatic carbocycles. The van der Waals surface area contributed by atoms with Crippen LogP contribution in [0.2, 0.25) is 0 Å². The Morgan fingerprint density at radius 3 is 2.45 bits per heavy atom. The maximum atomic E-state index is 15.6. The zero-order valence-electron chi connectivity index (χ0n) is 17.9. The number of rotatable bonds is 5. The third-order valence-corrected chi connectivity index (χ3v) is 6.34. The molecule has 1 aromatic heterocycles. The maximum Gasteiger partial charge on any atom is 0.329 e. The predicted molar refractivity (Wildman–Crippen MR) is 111 cm³/mol. The van der Waals surface area contributed by atoms with E-state index in [0.29, 0.717) is 0 Å². The third kappa shape index (κ3) is 3.41. The second-order valence-electron chi connectivity index (χ2n) is 9.09. The number of aryl methyl sites for hydroxylation is 1. The Bertz CT molecular complexity index is 1150. The average Bonchev–Trinajstić information content (AvgIpc) is 3.44. The minimum atomic E-state index is -1.54. The molecule has 170 valence electrons. The van der Waals surface area contributed by atoms with Gasteiger partial charge in [-0.1, -0.05) is 0 Å². The minimum absolute atomic E-state index is 0.0150. The van der Waals surface area contributed by atoms with Gasteiger partial charge in [-0.2, -0.15) is 0 Å². The van der Waals surface area contributed by atoms with Crippen molar-refractivity contribution in [3.05, 3.63) is 32.2 Å². The number of H-pyrrole nitrogens is 1. The Balaban J connectivity index is 1.94. The number of alkyl halides is 1. The number of nitrogens with one attached hydrogen (secondary N) is 1. The predicted octanol–water partition coefficient (Wildman–Crippen LogP) is 1.39. The molecule has 31 heavy (non-hydrogen) atoms. The van der Waals surface area contributed by atoms with E-state index in [-0.39, 0.29) is 47.0 Å². The summed E-state index contributed by atoms with van der Waals surface area (Å²) in [7, 11) is 1.31. The van der Waals surface area contributed by atoms with Gasteiger partial charge in [0.1, 0.15) is 17.4 Å². The lowest BCUT2D eigenvalue weighted by atomic mass is 9.88. The fourth-order valence-corrected chi connectivity index (χ4v) is 4.57. The number of hydrogen-bond acceptors (Lipinski definition) is 6. The molecule has 4 rings (SSSR count). The minimum Gasteiger partial charge on any atom is -0.492 e. The van der Waals surface area contributed by atoms with Gasteiger partial charge in [0.15, 0.2) is 11.6 Å². The lowest BCUT2D eigenvalue weighted by molar-refractivity contribution is -0.0831. The molecule has 0 bridgehead atoms. The highest BCUT2D eigenvalue weighted by atomic mass is 19.1. The summed E-state index contributed by atoms with van der Waals surface area (Å²) in [6.45, 7) is 3.90. The van der Waals surface area contributed by atoms with Crippen LogP contribution in [0.25, 0.3) is 10.9 Å². The van der Waals surface area contributed by atoms with E-state index in [1.54, 1.807) is 0 Å². The molecular weight excluding hydrogens is 412 g/mol. The van der Waals surface area contributed by atoms with Gasteiger partial charge in [0.25, 0.3) is 5.56 Å². The van der Waals surface area contributed by atoms with Crippen LogP contribution in [-0.2, 0) is 0 Å². The van der Waals surface area contributed by atoms with Crippen LogP contribution in [0.4, 0.5) is 14.5 Å². The van der Waals surface area contributed by atoms with E-state index in [4.69, 9.17) is 4.74 Å². The molecule has 1 saturated heterocycles. The summed E-state index contributed by atoms with van der Waals surface area (Å²) in [6.07, 6.45) is -1.40. The number of benzene rings is 1. The van der Waals surface area contributed by atoms with E-state index >= 15 is 4.39 Å². The van der Waals surface area contributed by atoms with Crippen molar-refractivity contribution in [3.63, 3.8) is 0 Å². The van der Waals surface area contributed by atoms with Crippen molar-refractivity contribution in [2.24, 2.45) is 5.92 Å². The second-order valence-corrected chi connectivity index (χ2v) is 9.09. The largest absolute Gasteiger partial charge is 0.492 e. The number of hydrogen-bond donors (Lipinski definition) is 3. The quantitative estimate of drug-likeness (QED) is 0.650. The number of halogens is 2. The van der Waals surface area contributed by atoms with Crippen molar-refractivity contribution in [1.82, 2.24) is 9.55 Å². The number of aliphatic hydroxyl groups excluding tert-OH is 1. The highest BCUT2D eigenvalue weighted by molar-refractivity contribution is 5.93. The lowest BCUT2D eigenvalue weighted by Crippen LogP contribution is -2.45. The lowest BCUT2D eigenvalue weighted by Gasteiger charge is -2.30. The molecule has 1 saturated carbocycles. The summed E-state index contributed by atoms with van der Waals surface area (Å²) in [5.74, 6) is -1.72. The number of fused-ring (bicyclic) bond motifs is 1. The summed E-state index contributed by atoms with van der Waals surface area (Å²) in [6, 6.07) is -0.129. The van der Waals surface area contributed by atoms with Gasteiger partial charge in [-0.05, 0) is 33.6 Å². The van der Waals surface area contributed by atoms with Crippen LogP contribution in [-0.4, -0.2) is 57.8 Å². The molecule has 1 aromatic carbocycles. The van der Waals surface area contributed by atoms with Crippen molar-refractivity contribution >= 4 is 16.6 Å². The van der Waals surface area contributed by atoms with Gasteiger partial charge >= 0.3 is 5.69 Å². The van der Waals surface area contributed by atoms with Crippen molar-refractivity contribution < 1.29 is 23.7 Å². The van der Waals surface area contributed by atoms with Crippen molar-refractivity contribution in [2.75, 3.05) is 25.1 Å². The van der Waals surface area contributed by atoms with E-state index in [1.165, 1.54) is 37.3 Å². The summed E-state index contributed by atoms with van der Waals surface area (Å²) in [5, 5.41) is 20.5. The number of methoxy groups -OCH3 is 1. The molecule has 0 spiro atoms. The van der Waals surface area contributed by atoms with E-state index in [0.717, 1.165) is 12.8 Å². The Morgan fingerprint density at radius 1 is 1.26 bits per heavy atom. The Morgan fingerprint density at radius 2 is 1.90 bits per heavy atom. The highest BCUT2D eigenvalue weighted by Crippen LogP contribution is 2.45. The smallest absolute Gasteiger partial charge is 0.329 e. The first-order valence-electron chi connectivity index (χ1n) is 10.3. The highest BCUT2D eigenvalue weighted by Gasteiger charge is 2.45. The number of aromatic nitrogens is 2. The summed E-state index contributed by atoms with van der Waals surface area (Å²) < 4.78 is 37.3. The molecule has 0 radical (unpaired) electrons. The summed E-state index contributed by atoms with van der Waals surface area (Å²) in [5.41, 5.74) is -2.68. The van der Waals surface area contributed by atoms with Crippen LogP contribution in [0.5, 0.6) is 5.75 Å². The zero-order chi connectivity index (χ0) is 22.8. The molecule has 2 aromatic rings. The van der Waals surface area contributed by atoms with Gasteiger partial charge < -0.3 is 19.8 Å². The molecule has 2 heterocycles. The first-order valence-corrected chi connectivity index (χ1v) is 10.3. The first kappa shape index (κ1) is 21.8. The standard InChI is InChI=1S/C21H27F2N3O5/c1-9-13-15(26(10-5-6-10)20(29)24-19(13)28)17(31-4)16(14(9)23)25-7-11(12(22)8-25)18(27)21(2,3)30/h10-12,18,27,30H,5-8H2,1-4H3,(H,24,28,29). The molecular formula is C21H27F2N3O5. The van der Waals surface area contributed by atoms with Crippen LogP contribution in [0.3, 0.4) is 0 Å². The molecule has 3 atom stereocenters. The van der Waals surface area contributed by atoms with Gasteiger partial charge in [0.05, 0.1) is 24.2 Å². The SMILES string of the molecule is COc1c(N2CC(F)C(C(O)C(C)(C)O)C2)c(F)c(C)c2c(=O)[nH]c(=O)n(C3CC3)c12. The van der Waals surface area contributed by atoms with Gasteiger partial charge in [0.2, 0.25) is 0 Å². The third-order valence-electron chi connectivity index (χ3n) is 6.34. The number of aromatic amines is 1. The first-order chi connectivity index (χ1) is 14.5. The van der Waals surface area contributed by atoms with Crippen LogP contribution in [0.1, 0.15) is 38.3 Å². The molecule has 8 nitrogen and oxygen atoms in total. The topological polar surface area (TPSA) is 108 Å². The molecule has 3 N–H and O–H groups in total. The Labute approximate surface area is 177 Å². The van der Waals surface area contributed by atoms with Crippen LogP contribution < -0.4 is 20.9 Å². The van der Waals surface area contributed by atoms with E-state index in [2.05, 4.69) is 4.98 Å². The molecule has 10 heteroatoms. The van der Waals surface area contributed by atoms with Gasteiger partial charge in [0, 0.05) is 30.6 Å². The van der Waals surface area contributed by atoms with Crippen LogP contribution in [0, 0.1) is 18.7 Å². The molecule has 2 aliphatic rings. The fourth-order valence-electron chi connectivity index (χ4n) is 4.57. The second kappa shape index (κ2) is 7.30. The van der Waals surface area contributed by atoms with Crippen molar-refractivity contribution in [1.29, 1.82) is 0 Å². The normalized spacial score (nSPS) is 22.9. The molecule has 3 unspecified atom stereocenters. The number of ether oxygens (including phenoxy) is 1. The molecule has 2 fully saturated rings. The molecule has 1 aliphatic heterocycles. The van der Waals surface area contributed by atoms with Crippen molar-refractivity contribution in [3.8, 4) is 5.75 Å². The van der Waals surface area contributed by atoms with E-state index < -0.39 is 40.9 Å². The van der Waals surface area contributed by atoms with E-state index in [1.807, 2.05) is 0 Å². The fraction of sp³-hybridized carbons (Fsp3) is 0.619. The molecule has 0 amide bonds. The van der Waals surface area contributed by atoms with Gasteiger partial charge in [-0.15, -0.1) is 0 Å². The van der Waals surface area contributed by atoms with Crippen LogP contribution >= 0.6 is 0 Å². The van der Waals surface area contributed by atoms with E-state index in [9.17, 15) is 24.2 Å². The van der Waals surface area contributed by atoms with Crippen molar-refractivity contribution in [2.45, 2.75) is 57.5 Å². The Hall–Kier alpha value is -2.46. The number of nitrogens with zero attached hydrogens (tertiary/aromatic N) is 2. The van der Waals surface area contributed by atoms with Crippen LogP contribution in [0.15, 0.2) is 9.59 Å². The summed E-state index contributed by atoms with van der Waals surface area (Å²) in [4.78, 5) is 28.8. The number of aliphatic hydroxyl groups is 2. The van der Waals surface area contributed by atoms with Gasteiger partial charge in [-0.3, -0.25) is 14.3 Å². The average molecular weight is 439 g/mol. The monoisotopic (exact) mass is 439 g/mol.